The number of hydrogen-bond acceptors (Lipinski definition) is 5. The van der Waals surface area contributed by atoms with E-state index in [0.29, 0.717) is 16.9 Å². The second-order valence-electron chi connectivity index (χ2n) is 6.24. The lowest BCUT2D eigenvalue weighted by atomic mass is 10.1. The van der Waals surface area contributed by atoms with Crippen molar-refractivity contribution in [1.29, 1.82) is 0 Å². The fraction of sp³-hybridized carbons (Fsp3) is 0.0952. The molecule has 2 aromatic carbocycles. The molecule has 0 saturated carbocycles. The van der Waals surface area contributed by atoms with Crippen molar-refractivity contribution in [2.75, 3.05) is 13.2 Å². The van der Waals surface area contributed by atoms with Crippen molar-refractivity contribution in [3.63, 3.8) is 0 Å². The van der Waals surface area contributed by atoms with Gasteiger partial charge in [0.15, 0.2) is 5.65 Å². The first kappa shape index (κ1) is 17.7. The van der Waals surface area contributed by atoms with Gasteiger partial charge < -0.3 is 15.5 Å². The molecule has 0 atom stereocenters. The number of hydrogen-bond donors (Lipinski definition) is 3. The van der Waals surface area contributed by atoms with Gasteiger partial charge in [-0.1, -0.05) is 24.3 Å². The monoisotopic (exact) mass is 374 g/mol. The Morgan fingerprint density at radius 1 is 1.04 bits per heavy atom. The molecule has 7 heteroatoms. The lowest BCUT2D eigenvalue weighted by Gasteiger charge is -2.07. The Morgan fingerprint density at radius 3 is 2.68 bits per heavy atom. The number of phenolic OH excluding ortho intramolecular Hbond substituents is 1. The first-order valence-electron chi connectivity index (χ1n) is 8.79. The Hall–Kier alpha value is -3.71. The van der Waals surface area contributed by atoms with E-state index in [1.165, 1.54) is 0 Å². The molecule has 0 bridgehead atoms. The lowest BCUT2D eigenvalue weighted by Crippen LogP contribution is -2.26. The van der Waals surface area contributed by atoms with Crippen LogP contribution < -0.4 is 5.32 Å². The molecule has 4 aromatic rings. The van der Waals surface area contributed by atoms with Crippen molar-refractivity contribution in [2.24, 2.45) is 0 Å². The number of phenols is 1. The molecule has 0 saturated heterocycles. The Kier molecular flexibility index (Phi) is 4.74. The second-order valence-corrected chi connectivity index (χ2v) is 6.24. The van der Waals surface area contributed by atoms with E-state index in [4.69, 9.17) is 5.11 Å². The van der Waals surface area contributed by atoms with Crippen LogP contribution in [0.1, 0.15) is 10.4 Å². The number of aliphatic hydroxyl groups excluding tert-OH is 1. The number of carbonyl (C=O) groups is 1. The molecule has 140 valence electrons. The number of benzene rings is 2. The average Bonchev–Trinajstić information content (AvgIpc) is 3.15. The summed E-state index contributed by atoms with van der Waals surface area (Å²) in [7, 11) is 0. The largest absolute Gasteiger partial charge is 0.508 e. The van der Waals surface area contributed by atoms with Gasteiger partial charge in [-0.05, 0) is 36.4 Å². The van der Waals surface area contributed by atoms with Crippen LogP contribution in [-0.2, 0) is 0 Å². The molecule has 7 nitrogen and oxygen atoms in total. The van der Waals surface area contributed by atoms with Crippen molar-refractivity contribution < 1.29 is 15.0 Å². The predicted octanol–water partition coefficient (Wildman–Crippen LogP) is 2.49. The number of aliphatic hydroxyl groups is 1. The lowest BCUT2D eigenvalue weighted by molar-refractivity contribution is 0.0945. The Labute approximate surface area is 160 Å². The highest BCUT2D eigenvalue weighted by atomic mass is 16.3. The first-order valence-corrected chi connectivity index (χ1v) is 8.79. The summed E-state index contributed by atoms with van der Waals surface area (Å²) < 4.78 is 1.71. The zero-order chi connectivity index (χ0) is 19.5. The summed E-state index contributed by atoms with van der Waals surface area (Å²) in [5, 5.41) is 25.9. The fourth-order valence-corrected chi connectivity index (χ4v) is 2.98. The number of rotatable bonds is 5. The zero-order valence-electron chi connectivity index (χ0n) is 14.9. The van der Waals surface area contributed by atoms with Gasteiger partial charge in [-0.3, -0.25) is 4.79 Å². The molecular weight excluding hydrogens is 356 g/mol. The number of carbonyl (C=O) groups excluding carboxylic acids is 1. The molecule has 2 heterocycles. The summed E-state index contributed by atoms with van der Waals surface area (Å²) >= 11 is 0. The van der Waals surface area contributed by atoms with Gasteiger partial charge in [0.2, 0.25) is 0 Å². The first-order chi connectivity index (χ1) is 13.7. The van der Waals surface area contributed by atoms with Gasteiger partial charge in [0.05, 0.1) is 24.2 Å². The van der Waals surface area contributed by atoms with Crippen molar-refractivity contribution in [1.82, 2.24) is 19.9 Å². The highest BCUT2D eigenvalue weighted by Crippen LogP contribution is 2.25. The maximum absolute atomic E-state index is 12.1. The molecule has 0 aliphatic carbocycles. The SMILES string of the molecule is O=C(NCCO)c1cccc(-c2ccc3ncc(-c4cccc(O)c4)n3n2)c1. The summed E-state index contributed by atoms with van der Waals surface area (Å²) in [6, 6.07) is 17.7. The van der Waals surface area contributed by atoms with Crippen molar-refractivity contribution >= 4 is 11.6 Å². The molecule has 2 aromatic heterocycles. The van der Waals surface area contributed by atoms with E-state index in [9.17, 15) is 9.90 Å². The standard InChI is InChI=1S/C21H18N4O3/c26-10-9-22-21(28)16-5-1-3-14(11-16)18-7-8-20-23-13-19(25(20)24-18)15-4-2-6-17(27)12-15/h1-8,11-13,26-27H,9-10H2,(H,22,28). The van der Waals surface area contributed by atoms with Crippen LogP contribution >= 0.6 is 0 Å². The molecule has 0 aliphatic rings. The van der Waals surface area contributed by atoms with Gasteiger partial charge in [0.1, 0.15) is 5.75 Å². The summed E-state index contributed by atoms with van der Waals surface area (Å²) in [5.74, 6) is -0.0785. The van der Waals surface area contributed by atoms with Crippen LogP contribution in [0.2, 0.25) is 0 Å². The summed E-state index contributed by atoms with van der Waals surface area (Å²) in [6.45, 7) is 0.0949. The van der Waals surface area contributed by atoms with Gasteiger partial charge in [0, 0.05) is 23.2 Å². The molecule has 0 fully saturated rings. The fourth-order valence-electron chi connectivity index (χ4n) is 2.98. The maximum Gasteiger partial charge on any atom is 0.251 e. The Morgan fingerprint density at radius 2 is 1.86 bits per heavy atom. The van der Waals surface area contributed by atoms with Crippen LogP contribution in [0.3, 0.4) is 0 Å². The Balaban J connectivity index is 1.74. The van der Waals surface area contributed by atoms with Crippen LogP contribution in [0.15, 0.2) is 66.9 Å². The highest BCUT2D eigenvalue weighted by Gasteiger charge is 2.11. The van der Waals surface area contributed by atoms with E-state index >= 15 is 0 Å². The third-order valence-corrected chi connectivity index (χ3v) is 4.32. The topological polar surface area (TPSA) is 99.8 Å². The van der Waals surface area contributed by atoms with E-state index < -0.39 is 0 Å². The van der Waals surface area contributed by atoms with E-state index in [1.54, 1.807) is 47.1 Å². The zero-order valence-corrected chi connectivity index (χ0v) is 14.9. The number of amides is 1. The number of imidazole rings is 1. The molecular formula is C21H18N4O3. The summed E-state index contributed by atoms with van der Waals surface area (Å²) in [5.41, 5.74) is 4.20. The molecule has 0 aliphatic heterocycles. The van der Waals surface area contributed by atoms with Gasteiger partial charge >= 0.3 is 0 Å². The normalized spacial score (nSPS) is 10.9. The average molecular weight is 374 g/mol. The van der Waals surface area contributed by atoms with E-state index in [1.807, 2.05) is 24.3 Å². The minimum atomic E-state index is -0.250. The van der Waals surface area contributed by atoms with Crippen LogP contribution in [0.5, 0.6) is 5.75 Å². The smallest absolute Gasteiger partial charge is 0.251 e. The van der Waals surface area contributed by atoms with Gasteiger partial charge in [0.25, 0.3) is 5.91 Å². The molecule has 0 spiro atoms. The van der Waals surface area contributed by atoms with Crippen LogP contribution in [0.4, 0.5) is 0 Å². The predicted molar refractivity (Wildman–Crippen MR) is 105 cm³/mol. The number of nitrogens with zero attached hydrogens (tertiary/aromatic N) is 3. The van der Waals surface area contributed by atoms with Gasteiger partial charge in [-0.15, -0.1) is 0 Å². The summed E-state index contributed by atoms with van der Waals surface area (Å²) in [6.07, 6.45) is 1.71. The van der Waals surface area contributed by atoms with E-state index in [-0.39, 0.29) is 24.8 Å². The Bertz CT molecular complexity index is 1150. The molecule has 0 radical (unpaired) electrons. The maximum atomic E-state index is 12.1. The molecule has 4 rings (SSSR count). The molecule has 0 unspecified atom stereocenters. The van der Waals surface area contributed by atoms with Crippen LogP contribution in [0, 0.1) is 0 Å². The van der Waals surface area contributed by atoms with Crippen molar-refractivity contribution in [2.45, 2.75) is 0 Å². The third kappa shape index (κ3) is 3.43. The molecule has 1 amide bonds. The molecule has 3 N–H and O–H groups in total. The van der Waals surface area contributed by atoms with Gasteiger partial charge in [-0.25, -0.2) is 9.50 Å². The number of aromatic nitrogens is 3. The van der Waals surface area contributed by atoms with Crippen molar-refractivity contribution in [3.8, 4) is 28.3 Å². The number of aromatic hydroxyl groups is 1. The minimum Gasteiger partial charge on any atom is -0.508 e. The second kappa shape index (κ2) is 7.50. The van der Waals surface area contributed by atoms with E-state index in [0.717, 1.165) is 16.8 Å². The number of fused-ring (bicyclic) bond motifs is 1. The quantitative estimate of drug-likeness (QED) is 0.498. The van der Waals surface area contributed by atoms with Crippen LogP contribution in [-0.4, -0.2) is 43.9 Å². The third-order valence-electron chi connectivity index (χ3n) is 4.32. The highest BCUT2D eigenvalue weighted by molar-refractivity contribution is 5.95. The van der Waals surface area contributed by atoms with Crippen molar-refractivity contribution in [3.05, 3.63) is 72.4 Å². The number of nitrogens with one attached hydrogen (secondary N) is 1. The van der Waals surface area contributed by atoms with Gasteiger partial charge in [-0.2, -0.15) is 5.10 Å². The summed E-state index contributed by atoms with van der Waals surface area (Å²) in [4.78, 5) is 16.5. The minimum absolute atomic E-state index is 0.109. The molecule has 28 heavy (non-hydrogen) atoms. The van der Waals surface area contributed by atoms with E-state index in [2.05, 4.69) is 15.4 Å². The van der Waals surface area contributed by atoms with Crippen LogP contribution in [0.25, 0.3) is 28.2 Å².